The Kier molecular flexibility index (Phi) is 4.40. The van der Waals surface area contributed by atoms with Crippen LogP contribution in [-0.4, -0.2) is 12.4 Å². The fourth-order valence-corrected chi connectivity index (χ4v) is 3.15. The molecule has 0 aliphatic carbocycles. The van der Waals surface area contributed by atoms with Gasteiger partial charge in [0.2, 0.25) is 5.78 Å². The summed E-state index contributed by atoms with van der Waals surface area (Å²) in [5.74, 6) is 0.774. The van der Waals surface area contributed by atoms with E-state index < -0.39 is 0 Å². The highest BCUT2D eigenvalue weighted by Gasteiger charge is 2.12. The Morgan fingerprint density at radius 2 is 2.11 bits per heavy atom. The highest BCUT2D eigenvalue weighted by Crippen LogP contribution is 2.21. The van der Waals surface area contributed by atoms with E-state index in [4.69, 9.17) is 4.74 Å². The van der Waals surface area contributed by atoms with E-state index in [0.717, 1.165) is 24.6 Å². The van der Waals surface area contributed by atoms with Crippen molar-refractivity contribution in [3.05, 3.63) is 49.2 Å². The molecule has 18 heavy (non-hydrogen) atoms. The number of Topliss-reactive ketones (excluding diaryl/α,β-unsaturated/α-hetero) is 1. The molecule has 0 unspecified atom stereocenters. The van der Waals surface area contributed by atoms with E-state index in [-0.39, 0.29) is 12.4 Å². The van der Waals surface area contributed by atoms with Crippen molar-refractivity contribution in [2.75, 3.05) is 6.61 Å². The molecular weight excluding hydrogens is 359 g/mol. The maximum absolute atomic E-state index is 12.0. The number of rotatable bonds is 4. The highest BCUT2D eigenvalue weighted by atomic mass is 127. The Bertz CT molecular complexity index is 575. The van der Waals surface area contributed by atoms with Gasteiger partial charge in [-0.1, -0.05) is 6.07 Å². The van der Waals surface area contributed by atoms with E-state index in [0.29, 0.717) is 0 Å². The molecule has 0 spiro atoms. The third kappa shape index (κ3) is 3.32. The Balaban J connectivity index is 2.03. The SMILES string of the molecule is Cc1cc(C(=O)COc2cccc(I)c2)c(C)s1. The minimum Gasteiger partial charge on any atom is -0.485 e. The zero-order valence-corrected chi connectivity index (χ0v) is 13.2. The molecule has 0 radical (unpaired) electrons. The van der Waals surface area contributed by atoms with E-state index >= 15 is 0 Å². The van der Waals surface area contributed by atoms with E-state index in [9.17, 15) is 4.79 Å². The quantitative estimate of drug-likeness (QED) is 0.593. The average Bonchev–Trinajstić information content (AvgIpc) is 2.66. The van der Waals surface area contributed by atoms with Crippen LogP contribution in [-0.2, 0) is 0 Å². The smallest absolute Gasteiger partial charge is 0.201 e. The Morgan fingerprint density at radius 3 is 2.72 bits per heavy atom. The maximum Gasteiger partial charge on any atom is 0.201 e. The van der Waals surface area contributed by atoms with Crippen molar-refractivity contribution in [2.24, 2.45) is 0 Å². The lowest BCUT2D eigenvalue weighted by Crippen LogP contribution is -2.11. The lowest BCUT2D eigenvalue weighted by atomic mass is 10.2. The second-order valence-corrected chi connectivity index (χ2v) is 6.70. The van der Waals surface area contributed by atoms with Gasteiger partial charge < -0.3 is 4.74 Å². The molecule has 2 aromatic rings. The second kappa shape index (κ2) is 5.84. The number of aryl methyl sites for hydroxylation is 2. The summed E-state index contributed by atoms with van der Waals surface area (Å²) in [7, 11) is 0. The van der Waals surface area contributed by atoms with Gasteiger partial charge in [-0.2, -0.15) is 0 Å². The topological polar surface area (TPSA) is 26.3 Å². The van der Waals surface area contributed by atoms with Gasteiger partial charge in [0, 0.05) is 18.9 Å². The van der Waals surface area contributed by atoms with Crippen molar-refractivity contribution < 1.29 is 9.53 Å². The number of benzene rings is 1. The van der Waals surface area contributed by atoms with Gasteiger partial charge in [-0.3, -0.25) is 4.79 Å². The highest BCUT2D eigenvalue weighted by molar-refractivity contribution is 14.1. The van der Waals surface area contributed by atoms with Crippen LogP contribution in [0.4, 0.5) is 0 Å². The van der Waals surface area contributed by atoms with Crippen LogP contribution in [0.25, 0.3) is 0 Å². The second-order valence-electron chi connectivity index (χ2n) is 4.00. The number of ether oxygens (including phenoxy) is 1. The number of halogens is 1. The van der Waals surface area contributed by atoms with Crippen molar-refractivity contribution >= 4 is 39.7 Å². The molecule has 0 fully saturated rings. The average molecular weight is 372 g/mol. The predicted molar refractivity (Wildman–Crippen MR) is 82.8 cm³/mol. The first-order chi connectivity index (χ1) is 8.56. The fraction of sp³-hybridized carbons (Fsp3) is 0.214. The number of carbonyl (C=O) groups is 1. The minimum absolute atomic E-state index is 0.0377. The Hall–Kier alpha value is -0.880. The van der Waals surface area contributed by atoms with Crippen LogP contribution >= 0.6 is 33.9 Å². The summed E-state index contributed by atoms with van der Waals surface area (Å²) in [6.45, 7) is 4.07. The summed E-state index contributed by atoms with van der Waals surface area (Å²) in [4.78, 5) is 14.2. The van der Waals surface area contributed by atoms with Gasteiger partial charge in [-0.25, -0.2) is 0 Å². The molecule has 1 aromatic heterocycles. The maximum atomic E-state index is 12.0. The predicted octanol–water partition coefficient (Wildman–Crippen LogP) is 4.23. The van der Waals surface area contributed by atoms with Gasteiger partial charge in [-0.05, 0) is 60.7 Å². The summed E-state index contributed by atoms with van der Waals surface area (Å²) in [6, 6.07) is 9.62. The van der Waals surface area contributed by atoms with E-state index in [1.54, 1.807) is 11.3 Å². The van der Waals surface area contributed by atoms with Crippen LogP contribution in [0.15, 0.2) is 30.3 Å². The number of carbonyl (C=O) groups excluding carboxylic acids is 1. The zero-order chi connectivity index (χ0) is 13.1. The first kappa shape index (κ1) is 13.5. The molecule has 0 saturated carbocycles. The van der Waals surface area contributed by atoms with Crippen LogP contribution in [0, 0.1) is 17.4 Å². The van der Waals surface area contributed by atoms with Gasteiger partial charge in [-0.15, -0.1) is 11.3 Å². The van der Waals surface area contributed by atoms with E-state index in [2.05, 4.69) is 22.6 Å². The Morgan fingerprint density at radius 1 is 1.33 bits per heavy atom. The van der Waals surface area contributed by atoms with Crippen LogP contribution in [0.1, 0.15) is 20.1 Å². The van der Waals surface area contributed by atoms with E-state index in [1.807, 2.05) is 44.2 Å². The number of thiophene rings is 1. The molecule has 0 bridgehead atoms. The minimum atomic E-state index is 0.0377. The molecule has 1 heterocycles. The molecule has 0 saturated heterocycles. The van der Waals surface area contributed by atoms with Crippen LogP contribution in [0.2, 0.25) is 0 Å². The first-order valence-electron chi connectivity index (χ1n) is 5.55. The van der Waals surface area contributed by atoms with Gasteiger partial charge in [0.1, 0.15) is 5.75 Å². The fourth-order valence-electron chi connectivity index (χ4n) is 1.69. The zero-order valence-electron chi connectivity index (χ0n) is 10.2. The molecule has 0 N–H and O–H groups in total. The first-order valence-corrected chi connectivity index (χ1v) is 7.44. The third-order valence-electron chi connectivity index (χ3n) is 2.51. The van der Waals surface area contributed by atoms with Gasteiger partial charge >= 0.3 is 0 Å². The third-order valence-corrected chi connectivity index (χ3v) is 4.14. The lowest BCUT2D eigenvalue weighted by molar-refractivity contribution is 0.0921. The van der Waals surface area contributed by atoms with Crippen LogP contribution in [0.3, 0.4) is 0 Å². The van der Waals surface area contributed by atoms with Gasteiger partial charge in [0.15, 0.2) is 6.61 Å². The normalized spacial score (nSPS) is 10.4. The molecular formula is C14H13IO2S. The number of ketones is 1. The van der Waals surface area contributed by atoms with Crippen molar-refractivity contribution in [1.29, 1.82) is 0 Å². The van der Waals surface area contributed by atoms with Crippen molar-refractivity contribution in [3.8, 4) is 5.75 Å². The molecule has 0 aliphatic heterocycles. The number of hydrogen-bond donors (Lipinski definition) is 0. The molecule has 94 valence electrons. The van der Waals surface area contributed by atoms with Gasteiger partial charge in [0.25, 0.3) is 0 Å². The molecule has 0 atom stereocenters. The summed E-state index contributed by atoms with van der Waals surface area (Å²) < 4.78 is 6.61. The summed E-state index contributed by atoms with van der Waals surface area (Å²) >= 11 is 3.86. The monoisotopic (exact) mass is 372 g/mol. The standard InChI is InChI=1S/C14H13IO2S/c1-9-6-13(10(2)18-9)14(16)8-17-12-5-3-4-11(15)7-12/h3-7H,8H2,1-2H3. The van der Waals surface area contributed by atoms with Crippen molar-refractivity contribution in [1.82, 2.24) is 0 Å². The summed E-state index contributed by atoms with van der Waals surface area (Å²) in [6.07, 6.45) is 0. The largest absolute Gasteiger partial charge is 0.485 e. The van der Waals surface area contributed by atoms with Crippen molar-refractivity contribution in [2.45, 2.75) is 13.8 Å². The number of hydrogen-bond acceptors (Lipinski definition) is 3. The van der Waals surface area contributed by atoms with Crippen LogP contribution < -0.4 is 4.74 Å². The van der Waals surface area contributed by atoms with Crippen molar-refractivity contribution in [3.63, 3.8) is 0 Å². The molecule has 0 amide bonds. The molecule has 2 rings (SSSR count). The molecule has 4 heteroatoms. The van der Waals surface area contributed by atoms with Crippen LogP contribution in [0.5, 0.6) is 5.75 Å². The molecule has 0 aliphatic rings. The summed E-state index contributed by atoms with van der Waals surface area (Å²) in [5.41, 5.74) is 0.781. The Labute approximate surface area is 124 Å². The van der Waals surface area contributed by atoms with E-state index in [1.165, 1.54) is 0 Å². The van der Waals surface area contributed by atoms with Gasteiger partial charge in [0.05, 0.1) is 0 Å². The summed E-state index contributed by atoms with van der Waals surface area (Å²) in [5, 5.41) is 0. The molecule has 2 nitrogen and oxygen atoms in total. The lowest BCUT2D eigenvalue weighted by Gasteiger charge is -2.05. The molecule has 1 aromatic carbocycles.